The normalized spacial score (nSPS) is 13.1. The van der Waals surface area contributed by atoms with Gasteiger partial charge in [-0.3, -0.25) is 4.79 Å². The van der Waals surface area contributed by atoms with E-state index in [-0.39, 0.29) is 12.2 Å². The van der Waals surface area contributed by atoms with Crippen LogP contribution in [0.2, 0.25) is 0 Å². The average molecular weight is 384 g/mol. The molecular formula is C21H24N2O5. The first-order valence-electron chi connectivity index (χ1n) is 8.90. The van der Waals surface area contributed by atoms with Gasteiger partial charge in [0.2, 0.25) is 5.56 Å². The lowest BCUT2D eigenvalue weighted by Gasteiger charge is -2.20. The molecule has 1 heterocycles. The van der Waals surface area contributed by atoms with E-state index in [4.69, 9.17) is 19.9 Å². The van der Waals surface area contributed by atoms with Crippen LogP contribution in [0.25, 0.3) is 10.9 Å². The summed E-state index contributed by atoms with van der Waals surface area (Å²) in [5.74, 6) is 1.85. The Labute approximate surface area is 162 Å². The fourth-order valence-electron chi connectivity index (χ4n) is 2.94. The van der Waals surface area contributed by atoms with E-state index >= 15 is 0 Å². The molecule has 0 saturated carbocycles. The number of benzene rings is 2. The van der Waals surface area contributed by atoms with Crippen LogP contribution in [-0.4, -0.2) is 43.1 Å². The second kappa shape index (κ2) is 8.77. The summed E-state index contributed by atoms with van der Waals surface area (Å²) < 4.78 is 16.2. The molecule has 0 fully saturated rings. The van der Waals surface area contributed by atoms with Gasteiger partial charge in [0, 0.05) is 23.0 Å². The van der Waals surface area contributed by atoms with Crippen LogP contribution >= 0.6 is 0 Å². The molecule has 28 heavy (non-hydrogen) atoms. The molecule has 0 spiro atoms. The summed E-state index contributed by atoms with van der Waals surface area (Å²) in [6, 6.07) is 13.5. The Bertz CT molecular complexity index is 1000. The van der Waals surface area contributed by atoms with Crippen molar-refractivity contribution in [3.63, 3.8) is 0 Å². The minimum atomic E-state index is -0.848. The number of fused-ring (bicyclic) bond motifs is 1. The van der Waals surface area contributed by atoms with Crippen LogP contribution in [0.15, 0.2) is 53.3 Å². The van der Waals surface area contributed by atoms with Crippen LogP contribution in [0.3, 0.4) is 0 Å². The molecular weight excluding hydrogens is 360 g/mol. The summed E-state index contributed by atoms with van der Waals surface area (Å²) >= 11 is 0. The van der Waals surface area contributed by atoms with E-state index in [9.17, 15) is 9.90 Å². The highest BCUT2D eigenvalue weighted by atomic mass is 16.5. The summed E-state index contributed by atoms with van der Waals surface area (Å²) in [4.78, 5) is 14.1. The Kier molecular flexibility index (Phi) is 6.18. The van der Waals surface area contributed by atoms with Crippen LogP contribution < -0.4 is 25.5 Å². The van der Waals surface area contributed by atoms with Gasteiger partial charge < -0.3 is 30.0 Å². The van der Waals surface area contributed by atoms with E-state index in [0.29, 0.717) is 23.7 Å². The van der Waals surface area contributed by atoms with Gasteiger partial charge in [0.05, 0.1) is 14.2 Å². The minimum absolute atomic E-state index is 0.0588. The van der Waals surface area contributed by atoms with E-state index in [0.717, 1.165) is 16.5 Å². The Morgan fingerprint density at radius 2 is 1.82 bits per heavy atom. The smallest absolute Gasteiger partial charge is 0.248 e. The number of aromatic amines is 1. The minimum Gasteiger partial charge on any atom is -0.493 e. The maximum absolute atomic E-state index is 11.3. The maximum Gasteiger partial charge on any atom is 0.248 e. The van der Waals surface area contributed by atoms with Crippen molar-refractivity contribution in [2.45, 2.75) is 18.6 Å². The van der Waals surface area contributed by atoms with Crippen LogP contribution in [-0.2, 0) is 6.42 Å². The number of hydrogen-bond donors (Lipinski definition) is 3. The van der Waals surface area contributed by atoms with Crippen molar-refractivity contribution >= 4 is 10.9 Å². The number of methoxy groups -OCH3 is 2. The third-order valence-electron chi connectivity index (χ3n) is 4.53. The van der Waals surface area contributed by atoms with E-state index in [2.05, 4.69) is 4.98 Å². The van der Waals surface area contributed by atoms with E-state index in [1.165, 1.54) is 6.07 Å². The number of nitrogens with two attached hydrogens (primary N) is 1. The van der Waals surface area contributed by atoms with Gasteiger partial charge in [-0.05, 0) is 48.4 Å². The van der Waals surface area contributed by atoms with Crippen molar-refractivity contribution in [2.75, 3.05) is 20.8 Å². The van der Waals surface area contributed by atoms with Crippen molar-refractivity contribution in [2.24, 2.45) is 5.73 Å². The number of pyridine rings is 1. The second-order valence-electron chi connectivity index (χ2n) is 6.51. The third kappa shape index (κ3) is 4.62. The lowest BCUT2D eigenvalue weighted by atomic mass is 10.0. The average Bonchev–Trinajstić information content (AvgIpc) is 2.71. The number of aliphatic hydroxyl groups is 1. The Balaban J connectivity index is 1.60. The lowest BCUT2D eigenvalue weighted by Crippen LogP contribution is -2.40. The molecule has 4 N–H and O–H groups in total. The number of aliphatic hydroxyl groups excluding tert-OH is 1. The zero-order valence-corrected chi connectivity index (χ0v) is 15.8. The highest BCUT2D eigenvalue weighted by molar-refractivity contribution is 5.79. The van der Waals surface area contributed by atoms with Gasteiger partial charge in [-0.2, -0.15) is 0 Å². The van der Waals surface area contributed by atoms with E-state index in [1.807, 2.05) is 18.2 Å². The number of ether oxygens (including phenoxy) is 3. The first kappa shape index (κ1) is 19.7. The van der Waals surface area contributed by atoms with Crippen LogP contribution in [0.4, 0.5) is 0 Å². The molecule has 0 saturated heterocycles. The monoisotopic (exact) mass is 384 g/mol. The molecule has 148 valence electrons. The van der Waals surface area contributed by atoms with Crippen LogP contribution in [0.1, 0.15) is 5.56 Å². The number of aromatic nitrogens is 1. The zero-order chi connectivity index (χ0) is 20.1. The quantitative estimate of drug-likeness (QED) is 0.547. The molecule has 0 radical (unpaired) electrons. The van der Waals surface area contributed by atoms with Crippen LogP contribution in [0, 0.1) is 0 Å². The molecule has 7 nitrogen and oxygen atoms in total. The van der Waals surface area contributed by atoms with Gasteiger partial charge in [-0.25, -0.2) is 0 Å². The fourth-order valence-corrected chi connectivity index (χ4v) is 2.94. The van der Waals surface area contributed by atoms with E-state index < -0.39 is 12.1 Å². The highest BCUT2D eigenvalue weighted by Crippen LogP contribution is 2.28. The molecule has 2 unspecified atom stereocenters. The summed E-state index contributed by atoms with van der Waals surface area (Å²) in [5, 5.41) is 11.2. The topological polar surface area (TPSA) is 107 Å². The Morgan fingerprint density at radius 3 is 2.57 bits per heavy atom. The molecule has 0 aliphatic rings. The lowest BCUT2D eigenvalue weighted by molar-refractivity contribution is 0.0852. The summed E-state index contributed by atoms with van der Waals surface area (Å²) in [7, 11) is 3.15. The maximum atomic E-state index is 11.3. The SMILES string of the molecule is COc1ccc(CC(N)C(O)COc2ccc3[nH]c(=O)ccc3c2)cc1OC. The molecule has 2 aromatic carbocycles. The third-order valence-corrected chi connectivity index (χ3v) is 4.53. The number of hydrogen-bond acceptors (Lipinski definition) is 6. The molecule has 3 rings (SSSR count). The highest BCUT2D eigenvalue weighted by Gasteiger charge is 2.17. The summed E-state index contributed by atoms with van der Waals surface area (Å²) in [5.41, 5.74) is 7.64. The molecule has 3 aromatic rings. The number of rotatable bonds is 8. The molecule has 7 heteroatoms. The molecule has 2 atom stereocenters. The zero-order valence-electron chi connectivity index (χ0n) is 15.8. The molecule has 1 aromatic heterocycles. The predicted octanol–water partition coefficient (Wildman–Crippen LogP) is 1.85. The summed E-state index contributed by atoms with van der Waals surface area (Å²) in [6.07, 6.45) is -0.386. The predicted molar refractivity (Wildman–Crippen MR) is 107 cm³/mol. The Hall–Kier alpha value is -3.03. The molecule has 0 aliphatic heterocycles. The van der Waals surface area contributed by atoms with Gasteiger partial charge in [-0.1, -0.05) is 6.07 Å². The molecule has 0 bridgehead atoms. The number of nitrogens with one attached hydrogen (secondary N) is 1. The van der Waals surface area contributed by atoms with Gasteiger partial charge in [0.1, 0.15) is 18.5 Å². The van der Waals surface area contributed by atoms with Crippen molar-refractivity contribution in [3.8, 4) is 17.2 Å². The van der Waals surface area contributed by atoms with Crippen molar-refractivity contribution in [1.29, 1.82) is 0 Å². The largest absolute Gasteiger partial charge is 0.493 e. The van der Waals surface area contributed by atoms with Crippen molar-refractivity contribution in [3.05, 3.63) is 64.4 Å². The van der Waals surface area contributed by atoms with Gasteiger partial charge in [-0.15, -0.1) is 0 Å². The molecule has 0 aliphatic carbocycles. The first-order valence-corrected chi connectivity index (χ1v) is 8.90. The van der Waals surface area contributed by atoms with Gasteiger partial charge in [0.25, 0.3) is 0 Å². The standard InChI is InChI=1S/C21H24N2O5/c1-26-19-7-3-13(10-20(19)27-2)9-16(22)18(24)12-28-15-5-6-17-14(11-15)4-8-21(25)23-17/h3-8,10-11,16,18,24H,9,12,22H2,1-2H3,(H,23,25). The van der Waals surface area contributed by atoms with Crippen LogP contribution in [0.5, 0.6) is 17.2 Å². The van der Waals surface area contributed by atoms with Gasteiger partial charge in [0.15, 0.2) is 11.5 Å². The fraction of sp³-hybridized carbons (Fsp3) is 0.286. The number of H-pyrrole nitrogens is 1. The Morgan fingerprint density at radius 1 is 1.04 bits per heavy atom. The van der Waals surface area contributed by atoms with E-state index in [1.54, 1.807) is 38.5 Å². The first-order chi connectivity index (χ1) is 13.5. The van der Waals surface area contributed by atoms with Crippen molar-refractivity contribution in [1.82, 2.24) is 4.98 Å². The summed E-state index contributed by atoms with van der Waals surface area (Å²) in [6.45, 7) is 0.0588. The van der Waals surface area contributed by atoms with Crippen molar-refractivity contribution < 1.29 is 19.3 Å². The van der Waals surface area contributed by atoms with Gasteiger partial charge >= 0.3 is 0 Å². The molecule has 0 amide bonds. The second-order valence-corrected chi connectivity index (χ2v) is 6.51.